The van der Waals surface area contributed by atoms with Crippen LogP contribution in [0.1, 0.15) is 0 Å². The van der Waals surface area contributed by atoms with E-state index < -0.39 is 0 Å². The zero-order valence-electron chi connectivity index (χ0n) is 1.40. The first-order valence-corrected chi connectivity index (χ1v) is 8.48. The summed E-state index contributed by atoms with van der Waals surface area (Å²) in [5, 5.41) is 0. The molecule has 0 aliphatic heterocycles. The Kier molecular flexibility index (Phi) is 1.18. The van der Waals surface area contributed by atoms with E-state index in [0.717, 1.165) is 0 Å². The third-order valence-corrected chi connectivity index (χ3v) is 0. The molecule has 0 bridgehead atoms. The maximum atomic E-state index is 4.96. The van der Waals surface area contributed by atoms with Gasteiger partial charge in [0.25, 0.3) is 0 Å². The number of hydrogen-bond acceptors (Lipinski definition) is 0. The minimum atomic E-state index is -1.83. The topological polar surface area (TPSA) is 0 Å². The predicted molar refractivity (Wildman–Crippen MR) is 17.6 cm³/mol. The summed E-state index contributed by atoms with van der Waals surface area (Å²) in [5.41, 5.74) is 0. The van der Waals surface area contributed by atoms with Crippen LogP contribution in [0.25, 0.3) is 0 Å². The van der Waals surface area contributed by atoms with E-state index in [2.05, 4.69) is 0 Å². The molecule has 0 heterocycles. The van der Waals surface area contributed by atoms with Crippen LogP contribution in [0.3, 0.4) is 0 Å². The zero-order valence-corrected chi connectivity index (χ0v) is 5.89. The van der Waals surface area contributed by atoms with Gasteiger partial charge in [-0.05, 0) is 0 Å². The van der Waals surface area contributed by atoms with Gasteiger partial charge in [-0.2, -0.15) is 0 Å². The van der Waals surface area contributed by atoms with Crippen LogP contribution < -0.4 is 0 Å². The van der Waals surface area contributed by atoms with Gasteiger partial charge in [0.15, 0.2) is 0 Å². The molecule has 0 atom stereocenters. The van der Waals surface area contributed by atoms with Gasteiger partial charge in [-0.3, -0.25) is 0 Å². The summed E-state index contributed by atoms with van der Waals surface area (Å²) in [7, 11) is 0. The van der Waals surface area contributed by atoms with Crippen molar-refractivity contribution in [1.82, 2.24) is 0 Å². The molecule has 0 fully saturated rings. The quantitative estimate of drug-likeness (QED) is 0.617. The first kappa shape index (κ1) is 3.87. The number of halogens is 3. The normalized spacial score (nSPS) is 6.75. The SMILES string of the molecule is [Cl][No]([Cl])[Cl]. The predicted octanol–water partition coefficient (Wildman–Crippen LogP) is 2.07. The van der Waals surface area contributed by atoms with Gasteiger partial charge in [0, 0.05) is 0 Å². The molecule has 0 aliphatic carbocycles. The zero-order chi connectivity index (χ0) is 3.58. The summed E-state index contributed by atoms with van der Waals surface area (Å²) in [6.45, 7) is 0. The van der Waals surface area contributed by atoms with Crippen molar-refractivity contribution in [1.29, 1.82) is 0 Å². The molecule has 0 spiro atoms. The second-order valence-corrected chi connectivity index (χ2v) is 9.62. The molecule has 0 saturated carbocycles. The van der Waals surface area contributed by atoms with E-state index in [9.17, 15) is 0 Å². The Morgan fingerprint density at radius 1 is 1.00 bits per heavy atom. The van der Waals surface area contributed by atoms with E-state index in [0.29, 0.717) is 0 Å². The molecule has 0 amide bonds. The van der Waals surface area contributed by atoms with Gasteiger partial charge in [0.2, 0.25) is 0 Å². The van der Waals surface area contributed by atoms with Crippen molar-refractivity contribution < 1.29 is 0 Å². The summed E-state index contributed by atoms with van der Waals surface area (Å²) in [6.07, 6.45) is 0. The van der Waals surface area contributed by atoms with Crippen molar-refractivity contribution in [3.8, 4) is 0 Å². The van der Waals surface area contributed by atoms with Gasteiger partial charge in [-0.1, -0.05) is 0 Å². The summed E-state index contributed by atoms with van der Waals surface area (Å²) in [4.78, 5) is 0. The average Bonchev–Trinajstić information content (AvgIpc) is 0.811. The van der Waals surface area contributed by atoms with Crippen LogP contribution in [0.15, 0.2) is 0 Å². The molecule has 0 aromatic carbocycles. The Labute approximate surface area is 37.8 Å². The van der Waals surface area contributed by atoms with Gasteiger partial charge in [-0.15, -0.1) is 0 Å². The van der Waals surface area contributed by atoms with Crippen LogP contribution in [0.4, 0.5) is 0 Å². The van der Waals surface area contributed by atoms with Crippen LogP contribution in [0.2, 0.25) is 0 Å². The van der Waals surface area contributed by atoms with E-state index >= 15 is 0 Å². The fourth-order valence-electron chi connectivity index (χ4n) is 0. The number of hydrogen-bond donors (Lipinski definition) is 0. The van der Waals surface area contributed by atoms with Crippen molar-refractivity contribution in [3.63, 3.8) is 0 Å². The van der Waals surface area contributed by atoms with Gasteiger partial charge in [-0.25, -0.2) is 0 Å². The third-order valence-electron chi connectivity index (χ3n) is 0. The molecule has 4 heteroatoms. The van der Waals surface area contributed by atoms with Crippen molar-refractivity contribution in [2.75, 3.05) is 0 Å². The van der Waals surface area contributed by atoms with Gasteiger partial charge < -0.3 is 0 Å². The molecule has 0 aromatic heterocycles. The first-order chi connectivity index (χ1) is 1.73. The Hall–Kier alpha value is -0.130. The molecule has 35 valence electrons. The van der Waals surface area contributed by atoms with Crippen LogP contribution >= 0.6 is 37.2 Å². The van der Waals surface area contributed by atoms with E-state index in [1.54, 1.807) is 0 Å². The van der Waals surface area contributed by atoms with Crippen molar-refractivity contribution >= 4 is 37.2 Å². The fraction of sp³-hybridized carbons (Fsp3) is 0. The van der Waals surface area contributed by atoms with Gasteiger partial charge in [0.1, 0.15) is 0 Å². The molecule has 0 rings (SSSR count). The van der Waals surface area contributed by atoms with Crippen LogP contribution in [0, 0.1) is 0 Å². The second kappa shape index (κ2) is 1.22. The molecular formula is Cl3No. The van der Waals surface area contributed by atoms with E-state index in [4.69, 9.17) is 37.2 Å². The van der Waals surface area contributed by atoms with Crippen molar-refractivity contribution in [3.05, 3.63) is 0 Å². The Bertz CT molecular complexity index is 8.00. The molecule has 4 heavy (non-hydrogen) atoms. The van der Waals surface area contributed by atoms with Crippen molar-refractivity contribution in [2.24, 2.45) is 0 Å². The fourth-order valence-corrected chi connectivity index (χ4v) is 0. The summed E-state index contributed by atoms with van der Waals surface area (Å²) < 4.78 is -1.83. The molecule has 0 saturated heterocycles. The molecule has 0 nitrogen and oxygen atoms in total. The number of rotatable bonds is 0. The van der Waals surface area contributed by atoms with Crippen LogP contribution in [-0.4, -0.2) is 0 Å². The first-order valence-electron chi connectivity index (χ1n) is 0.303. The Morgan fingerprint density at radius 2 is 1.00 bits per heavy atom. The van der Waals surface area contributed by atoms with Crippen molar-refractivity contribution in [2.45, 2.75) is 0 Å². The molecule has 0 radical (unpaired) electrons. The van der Waals surface area contributed by atoms with E-state index in [1.807, 2.05) is 0 Å². The summed E-state index contributed by atoms with van der Waals surface area (Å²) in [5.74, 6) is 0. The summed E-state index contributed by atoms with van der Waals surface area (Å²) >= 11 is 14.9. The van der Waals surface area contributed by atoms with Crippen LogP contribution in [0.5, 0.6) is 0 Å². The monoisotopic (exact) mass is 364 g/mol. The molecule has 0 N–H and O–H groups in total. The van der Waals surface area contributed by atoms with Gasteiger partial charge in [0.05, 0.1) is 0 Å². The Morgan fingerprint density at radius 3 is 1.00 bits per heavy atom. The van der Waals surface area contributed by atoms with Crippen LogP contribution in [-0.2, 0) is 0 Å². The van der Waals surface area contributed by atoms with E-state index in [-0.39, 0.29) is 0 Å². The maximum absolute atomic E-state index is 4.96. The Balaban J connectivity index is 2.32. The molecule has 0 aromatic rings. The minimum absolute atomic E-state index is 1.83. The average molecular weight is 365 g/mol. The molecule has 0 unspecified atom stereocenters. The molecule has 0 aliphatic rings. The summed E-state index contributed by atoms with van der Waals surface area (Å²) in [6, 6.07) is 0. The standard InChI is InChI=1S/3ClH.No/h3*1H;/q;;;+3/p-3. The van der Waals surface area contributed by atoms with E-state index in [1.165, 1.54) is 0 Å². The molecular weight excluding hydrogens is 365 g/mol. The third kappa shape index (κ3) is 83.8. The second-order valence-electron chi connectivity index (χ2n) is 0.115. The van der Waals surface area contributed by atoms with Gasteiger partial charge >= 0.3 is 37.2 Å².